The standard InChI is InChI=1S/C29H30F2N4O3S/c30-22-7-8-25(24(31)14-22)38-17-18-2-1-13-35(16-18)29(39(36)37)20-5-3-19(4-6-20)27-26-21(9-11-32-27)15-34-28-23(26)10-12-33-28/h7-12,14-15,18-20H,1-6,13,16-17H2,(H,33,34). The van der Waals surface area contributed by atoms with Crippen LogP contribution in [0.15, 0.2) is 48.9 Å². The van der Waals surface area contributed by atoms with Crippen molar-refractivity contribution in [1.82, 2.24) is 19.9 Å². The number of hydrogen-bond acceptors (Lipinski definition) is 5. The third-order valence-corrected chi connectivity index (χ3v) is 9.11. The van der Waals surface area contributed by atoms with Gasteiger partial charge in [0.05, 0.1) is 12.3 Å². The number of ether oxygens (including phenoxy) is 1. The number of aromatic nitrogens is 3. The minimum atomic E-state index is -2.33. The van der Waals surface area contributed by atoms with Crippen molar-refractivity contribution in [1.29, 1.82) is 0 Å². The summed E-state index contributed by atoms with van der Waals surface area (Å²) in [6.45, 7) is 1.46. The van der Waals surface area contributed by atoms with Crippen molar-refractivity contribution >= 4 is 37.1 Å². The summed E-state index contributed by atoms with van der Waals surface area (Å²) in [6.07, 6.45) is 10.5. The first-order chi connectivity index (χ1) is 19.0. The predicted molar refractivity (Wildman–Crippen MR) is 146 cm³/mol. The Morgan fingerprint density at radius 3 is 2.72 bits per heavy atom. The minimum absolute atomic E-state index is 0.0122. The van der Waals surface area contributed by atoms with Gasteiger partial charge in [-0.1, -0.05) is 0 Å². The van der Waals surface area contributed by atoms with Gasteiger partial charge in [-0.15, -0.1) is 0 Å². The number of aromatic amines is 1. The van der Waals surface area contributed by atoms with Gasteiger partial charge in [0.1, 0.15) is 16.5 Å². The maximum atomic E-state index is 14.0. The molecule has 1 saturated carbocycles. The summed E-state index contributed by atoms with van der Waals surface area (Å²) in [5, 5.41) is 3.25. The van der Waals surface area contributed by atoms with Crippen LogP contribution in [0.4, 0.5) is 8.78 Å². The number of likely N-dealkylation sites (tertiary alicyclic amines) is 1. The molecular weight excluding hydrogens is 522 g/mol. The van der Waals surface area contributed by atoms with Crippen LogP contribution in [-0.2, 0) is 10.3 Å². The minimum Gasteiger partial charge on any atom is -0.490 e. The quantitative estimate of drug-likeness (QED) is 0.331. The summed E-state index contributed by atoms with van der Waals surface area (Å²) in [6, 6.07) is 7.28. The molecule has 7 nitrogen and oxygen atoms in total. The molecule has 1 aromatic carbocycles. The Labute approximate surface area is 226 Å². The molecule has 1 unspecified atom stereocenters. The second-order valence-corrected chi connectivity index (χ2v) is 11.5. The Balaban J connectivity index is 1.14. The lowest BCUT2D eigenvalue weighted by molar-refractivity contribution is 0.167. The van der Waals surface area contributed by atoms with E-state index >= 15 is 0 Å². The molecule has 1 aliphatic carbocycles. The molecule has 1 atom stereocenters. The van der Waals surface area contributed by atoms with Gasteiger partial charge in [-0.3, -0.25) is 9.88 Å². The molecule has 0 spiro atoms. The van der Waals surface area contributed by atoms with Gasteiger partial charge in [-0.2, -0.15) is 8.42 Å². The van der Waals surface area contributed by atoms with Crippen molar-refractivity contribution in [3.05, 3.63) is 66.3 Å². The van der Waals surface area contributed by atoms with E-state index in [4.69, 9.17) is 9.72 Å². The maximum Gasteiger partial charge on any atom is 0.228 e. The van der Waals surface area contributed by atoms with Crippen molar-refractivity contribution in [3.63, 3.8) is 0 Å². The molecule has 39 heavy (non-hydrogen) atoms. The van der Waals surface area contributed by atoms with Gasteiger partial charge >= 0.3 is 0 Å². The van der Waals surface area contributed by atoms with E-state index in [0.717, 1.165) is 72.1 Å². The van der Waals surface area contributed by atoms with Gasteiger partial charge in [0, 0.05) is 71.7 Å². The maximum absolute atomic E-state index is 14.0. The fraction of sp³-hybridized carbons (Fsp3) is 0.414. The van der Waals surface area contributed by atoms with Crippen molar-refractivity contribution < 1.29 is 21.9 Å². The average Bonchev–Trinajstić information content (AvgIpc) is 3.42. The average molecular weight is 553 g/mol. The molecular formula is C29H30F2N4O3S. The fourth-order valence-corrected chi connectivity index (χ4v) is 7.21. The van der Waals surface area contributed by atoms with Gasteiger partial charge in [0.25, 0.3) is 0 Å². The van der Waals surface area contributed by atoms with E-state index in [1.54, 1.807) is 0 Å². The predicted octanol–water partition coefficient (Wildman–Crippen LogP) is 5.46. The van der Waals surface area contributed by atoms with Crippen molar-refractivity contribution in [2.75, 3.05) is 19.7 Å². The molecule has 3 aromatic heterocycles. The summed E-state index contributed by atoms with van der Waals surface area (Å²) < 4.78 is 57.8. The zero-order valence-electron chi connectivity index (χ0n) is 21.4. The van der Waals surface area contributed by atoms with E-state index in [-0.39, 0.29) is 30.1 Å². The Morgan fingerprint density at radius 1 is 1.08 bits per heavy atom. The lowest BCUT2D eigenvalue weighted by Gasteiger charge is -2.37. The van der Waals surface area contributed by atoms with Crippen molar-refractivity contribution in [2.45, 2.75) is 44.4 Å². The number of nitrogens with zero attached hydrogens (tertiary/aromatic N) is 3. The first-order valence-electron chi connectivity index (χ1n) is 13.5. The Bertz CT molecular complexity index is 1640. The van der Waals surface area contributed by atoms with Crippen LogP contribution in [0.2, 0.25) is 0 Å². The molecule has 0 amide bonds. The molecule has 204 valence electrons. The van der Waals surface area contributed by atoms with Crippen LogP contribution >= 0.6 is 0 Å². The first-order valence-corrected chi connectivity index (χ1v) is 14.5. The van der Waals surface area contributed by atoms with Gasteiger partial charge in [-0.25, -0.2) is 13.8 Å². The van der Waals surface area contributed by atoms with Gasteiger partial charge in [0.15, 0.2) is 11.6 Å². The van der Waals surface area contributed by atoms with E-state index in [1.807, 2.05) is 35.6 Å². The number of H-pyrrole nitrogens is 1. The zero-order chi connectivity index (χ0) is 26.9. The molecule has 4 aromatic rings. The second-order valence-electron chi connectivity index (χ2n) is 10.6. The number of benzene rings is 1. The number of hydrogen-bond donors (Lipinski definition) is 1. The topological polar surface area (TPSA) is 88.2 Å². The van der Waals surface area contributed by atoms with Crippen LogP contribution in [0.3, 0.4) is 0 Å². The van der Waals surface area contributed by atoms with Crippen LogP contribution in [-0.4, -0.2) is 53.0 Å². The number of rotatable bonds is 5. The van der Waals surface area contributed by atoms with Crippen LogP contribution in [0.1, 0.15) is 50.1 Å². The molecule has 6 rings (SSSR count). The molecule has 0 radical (unpaired) electrons. The summed E-state index contributed by atoms with van der Waals surface area (Å²) in [7, 11) is -2.33. The molecule has 2 aliphatic rings. The molecule has 0 bridgehead atoms. The molecule has 1 aliphatic heterocycles. The normalized spacial score (nSPS) is 22.3. The monoisotopic (exact) mass is 552 g/mol. The first kappa shape index (κ1) is 25.9. The highest BCUT2D eigenvalue weighted by molar-refractivity contribution is 7.72. The molecule has 10 heteroatoms. The molecule has 4 heterocycles. The molecule has 1 saturated heterocycles. The SMILES string of the molecule is O=S(=O)=C(C1CCC(c2nccc3cnc4[nH]ccc4c23)CC1)N1CCCC(COc2ccc(F)cc2F)C1. The van der Waals surface area contributed by atoms with E-state index < -0.39 is 21.9 Å². The van der Waals surface area contributed by atoms with Crippen LogP contribution in [0.25, 0.3) is 21.8 Å². The zero-order valence-corrected chi connectivity index (χ0v) is 22.3. The smallest absolute Gasteiger partial charge is 0.228 e. The van der Waals surface area contributed by atoms with E-state index in [1.165, 1.54) is 12.1 Å². The lowest BCUT2D eigenvalue weighted by Crippen LogP contribution is -2.45. The third-order valence-electron chi connectivity index (χ3n) is 8.17. The van der Waals surface area contributed by atoms with Crippen molar-refractivity contribution in [3.8, 4) is 5.75 Å². The van der Waals surface area contributed by atoms with Gasteiger partial charge in [0.2, 0.25) is 10.3 Å². The highest BCUT2D eigenvalue weighted by atomic mass is 32.2. The fourth-order valence-electron chi connectivity index (χ4n) is 6.32. The summed E-state index contributed by atoms with van der Waals surface area (Å²) in [5.74, 6) is -1.12. The number of nitrogens with one attached hydrogen (secondary N) is 1. The molecule has 1 N–H and O–H groups in total. The molecule has 2 fully saturated rings. The number of fused-ring (bicyclic) bond motifs is 3. The van der Waals surface area contributed by atoms with E-state index in [9.17, 15) is 17.2 Å². The lowest BCUT2D eigenvalue weighted by atomic mass is 9.78. The number of halogens is 2. The Hall–Kier alpha value is -3.37. The van der Waals surface area contributed by atoms with E-state index in [0.29, 0.717) is 18.1 Å². The Morgan fingerprint density at radius 2 is 1.92 bits per heavy atom. The van der Waals surface area contributed by atoms with Gasteiger partial charge in [-0.05, 0) is 62.8 Å². The number of piperidine rings is 1. The summed E-state index contributed by atoms with van der Waals surface area (Å²) >= 11 is 0. The summed E-state index contributed by atoms with van der Waals surface area (Å²) in [4.78, 5) is 14.9. The van der Waals surface area contributed by atoms with Crippen LogP contribution < -0.4 is 4.74 Å². The highest BCUT2D eigenvalue weighted by Crippen LogP contribution is 2.40. The largest absolute Gasteiger partial charge is 0.490 e. The van der Waals surface area contributed by atoms with Crippen LogP contribution in [0.5, 0.6) is 5.75 Å². The van der Waals surface area contributed by atoms with Crippen molar-refractivity contribution in [2.24, 2.45) is 11.8 Å². The second kappa shape index (κ2) is 11.0. The van der Waals surface area contributed by atoms with Crippen LogP contribution in [0, 0.1) is 23.5 Å². The third kappa shape index (κ3) is 5.27. The summed E-state index contributed by atoms with van der Waals surface area (Å²) in [5.41, 5.74) is 1.90. The number of pyridine rings is 2. The highest BCUT2D eigenvalue weighted by Gasteiger charge is 2.33. The Kier molecular flexibility index (Phi) is 7.31. The van der Waals surface area contributed by atoms with Gasteiger partial charge < -0.3 is 9.72 Å². The van der Waals surface area contributed by atoms with E-state index in [2.05, 4.69) is 9.97 Å².